The molecule has 3 N–H and O–H groups in total. The molecule has 0 saturated heterocycles. The molecule has 11 nitrogen and oxygen atoms in total. The summed E-state index contributed by atoms with van der Waals surface area (Å²) < 4.78 is 5.02. The molecule has 1 rings (SSSR count). The van der Waals surface area contributed by atoms with E-state index in [4.69, 9.17) is 20.1 Å². The van der Waals surface area contributed by atoms with Crippen molar-refractivity contribution in [3.8, 4) is 5.88 Å². The van der Waals surface area contributed by atoms with Crippen molar-refractivity contribution in [2.24, 2.45) is 5.41 Å². The standard InChI is InChI=1S/C10H13N3O8/c14-3-10(4-15,5-16)6-21-9-8(13(19)20)1-7(2-11-9)12(17)18/h1-2,14-16H,3-6H2. The fourth-order valence-corrected chi connectivity index (χ4v) is 1.28. The van der Waals surface area contributed by atoms with Crippen molar-refractivity contribution in [3.63, 3.8) is 0 Å². The topological polar surface area (TPSA) is 169 Å². The lowest BCUT2D eigenvalue weighted by molar-refractivity contribution is -0.395. The van der Waals surface area contributed by atoms with E-state index in [-0.39, 0.29) is 0 Å². The van der Waals surface area contributed by atoms with Crippen LogP contribution in [0.5, 0.6) is 5.88 Å². The van der Waals surface area contributed by atoms with E-state index in [0.29, 0.717) is 6.07 Å². The van der Waals surface area contributed by atoms with E-state index in [1.165, 1.54) is 0 Å². The lowest BCUT2D eigenvalue weighted by Gasteiger charge is -2.26. The Hall–Kier alpha value is -2.37. The fourth-order valence-electron chi connectivity index (χ4n) is 1.28. The minimum Gasteiger partial charge on any atom is -0.472 e. The molecule has 0 aliphatic heterocycles. The molecule has 1 aromatic heterocycles. The number of ether oxygens (including phenoxy) is 1. The van der Waals surface area contributed by atoms with Crippen LogP contribution >= 0.6 is 0 Å². The van der Waals surface area contributed by atoms with Crippen molar-refractivity contribution in [2.45, 2.75) is 0 Å². The van der Waals surface area contributed by atoms with Crippen molar-refractivity contribution in [3.05, 3.63) is 32.5 Å². The smallest absolute Gasteiger partial charge is 0.337 e. The molecule has 0 bridgehead atoms. The van der Waals surface area contributed by atoms with Gasteiger partial charge in [-0.05, 0) is 0 Å². The average molecular weight is 303 g/mol. The predicted molar refractivity (Wildman–Crippen MR) is 66.7 cm³/mol. The Morgan fingerprint density at radius 2 is 1.71 bits per heavy atom. The van der Waals surface area contributed by atoms with E-state index in [0.717, 1.165) is 6.20 Å². The molecular weight excluding hydrogens is 290 g/mol. The minimum absolute atomic E-state index is 0.456. The second-order valence-electron chi connectivity index (χ2n) is 4.30. The number of rotatable bonds is 8. The molecule has 0 aliphatic carbocycles. The Morgan fingerprint density at radius 1 is 1.14 bits per heavy atom. The molecule has 0 fully saturated rings. The predicted octanol–water partition coefficient (Wildman–Crippen LogP) is -0.760. The Morgan fingerprint density at radius 3 is 2.14 bits per heavy atom. The SMILES string of the molecule is O=[N+]([O-])c1cnc(OCC(CO)(CO)CO)c([N+](=O)[O-])c1. The van der Waals surface area contributed by atoms with Gasteiger partial charge < -0.3 is 20.1 Å². The first-order chi connectivity index (χ1) is 9.89. The third-order valence-electron chi connectivity index (χ3n) is 2.75. The molecule has 0 saturated carbocycles. The molecule has 0 aromatic carbocycles. The normalized spacial score (nSPS) is 11.2. The van der Waals surface area contributed by atoms with Crippen LogP contribution in [0.1, 0.15) is 0 Å². The molecule has 0 unspecified atom stereocenters. The zero-order valence-corrected chi connectivity index (χ0v) is 10.7. The maximum Gasteiger partial charge on any atom is 0.337 e. The summed E-state index contributed by atoms with van der Waals surface area (Å²) in [5, 5.41) is 48.7. The molecule has 0 aliphatic rings. The van der Waals surface area contributed by atoms with Crippen LogP contribution in [0, 0.1) is 25.6 Å². The fraction of sp³-hybridized carbons (Fsp3) is 0.500. The molecule has 1 heterocycles. The summed E-state index contributed by atoms with van der Waals surface area (Å²) in [4.78, 5) is 23.1. The van der Waals surface area contributed by atoms with Gasteiger partial charge >= 0.3 is 5.69 Å². The Labute approximate surface area is 117 Å². The lowest BCUT2D eigenvalue weighted by atomic mass is 9.93. The highest BCUT2D eigenvalue weighted by molar-refractivity contribution is 5.48. The summed E-state index contributed by atoms with van der Waals surface area (Å²) in [7, 11) is 0. The van der Waals surface area contributed by atoms with Gasteiger partial charge in [0, 0.05) is 0 Å². The molecular formula is C10H13N3O8. The van der Waals surface area contributed by atoms with Crippen LogP contribution in [-0.2, 0) is 0 Å². The molecule has 11 heteroatoms. The number of hydrogen-bond acceptors (Lipinski definition) is 9. The van der Waals surface area contributed by atoms with Gasteiger partial charge in [-0.2, -0.15) is 0 Å². The number of nitrogens with zero attached hydrogens (tertiary/aromatic N) is 3. The average Bonchev–Trinajstić information content (AvgIpc) is 2.49. The van der Waals surface area contributed by atoms with Crippen molar-refractivity contribution in [1.82, 2.24) is 4.98 Å². The number of aromatic nitrogens is 1. The van der Waals surface area contributed by atoms with Gasteiger partial charge in [0.05, 0.1) is 35.1 Å². The highest BCUT2D eigenvalue weighted by Gasteiger charge is 2.31. The summed E-state index contributed by atoms with van der Waals surface area (Å²) in [6.45, 7) is -2.33. The van der Waals surface area contributed by atoms with Crippen LogP contribution in [0.3, 0.4) is 0 Å². The molecule has 0 amide bonds. The number of aliphatic hydroxyl groups excluding tert-OH is 3. The van der Waals surface area contributed by atoms with E-state index in [9.17, 15) is 20.2 Å². The molecule has 0 spiro atoms. The number of hydrogen-bond donors (Lipinski definition) is 3. The van der Waals surface area contributed by atoms with Crippen molar-refractivity contribution in [2.75, 3.05) is 26.4 Å². The van der Waals surface area contributed by atoms with E-state index < -0.39 is 58.9 Å². The zero-order valence-electron chi connectivity index (χ0n) is 10.7. The largest absolute Gasteiger partial charge is 0.472 e. The third kappa shape index (κ3) is 3.81. The van der Waals surface area contributed by atoms with Gasteiger partial charge in [0.1, 0.15) is 18.9 Å². The highest BCUT2D eigenvalue weighted by Crippen LogP contribution is 2.29. The van der Waals surface area contributed by atoms with E-state index in [2.05, 4.69) is 4.98 Å². The Bertz CT molecular complexity index is 523. The Kier molecular flexibility index (Phi) is 5.46. The van der Waals surface area contributed by atoms with Crippen molar-refractivity contribution < 1.29 is 29.9 Å². The number of nitro groups is 2. The van der Waals surface area contributed by atoms with Crippen molar-refractivity contribution in [1.29, 1.82) is 0 Å². The van der Waals surface area contributed by atoms with Gasteiger partial charge in [-0.1, -0.05) is 0 Å². The summed E-state index contributed by atoms with van der Waals surface area (Å²) >= 11 is 0. The quantitative estimate of drug-likeness (QED) is 0.412. The van der Waals surface area contributed by atoms with Gasteiger partial charge in [0.25, 0.3) is 11.6 Å². The van der Waals surface area contributed by atoms with Crippen LogP contribution < -0.4 is 4.74 Å². The van der Waals surface area contributed by atoms with Gasteiger partial charge in [-0.25, -0.2) is 4.98 Å². The second-order valence-corrected chi connectivity index (χ2v) is 4.30. The first-order valence-electron chi connectivity index (χ1n) is 5.63. The first kappa shape index (κ1) is 16.7. The minimum atomic E-state index is -1.41. The van der Waals surface area contributed by atoms with Crippen LogP contribution in [-0.4, -0.2) is 56.6 Å². The second kappa shape index (κ2) is 6.88. The Balaban J connectivity index is 3.03. The van der Waals surface area contributed by atoms with Gasteiger partial charge in [0.2, 0.25) is 0 Å². The van der Waals surface area contributed by atoms with Crippen LogP contribution in [0.25, 0.3) is 0 Å². The maximum atomic E-state index is 10.8. The summed E-state index contributed by atoms with van der Waals surface area (Å²) in [6, 6.07) is 0.681. The third-order valence-corrected chi connectivity index (χ3v) is 2.75. The molecule has 116 valence electrons. The van der Waals surface area contributed by atoms with E-state index in [1.807, 2.05) is 0 Å². The lowest BCUT2D eigenvalue weighted by Crippen LogP contribution is -2.40. The van der Waals surface area contributed by atoms with E-state index in [1.54, 1.807) is 0 Å². The maximum absolute atomic E-state index is 10.8. The van der Waals surface area contributed by atoms with Crippen LogP contribution in [0.4, 0.5) is 11.4 Å². The van der Waals surface area contributed by atoms with Gasteiger partial charge in [0.15, 0.2) is 0 Å². The number of aliphatic hydroxyl groups is 3. The van der Waals surface area contributed by atoms with Gasteiger partial charge in [-0.3, -0.25) is 20.2 Å². The first-order valence-corrected chi connectivity index (χ1v) is 5.63. The zero-order chi connectivity index (χ0) is 16.0. The summed E-state index contributed by atoms with van der Waals surface area (Å²) in [5.41, 5.74) is -2.71. The van der Waals surface area contributed by atoms with Crippen LogP contribution in [0.15, 0.2) is 12.3 Å². The molecule has 1 aromatic rings. The summed E-state index contributed by atoms with van der Waals surface area (Å²) in [5.74, 6) is -0.509. The van der Waals surface area contributed by atoms with Crippen LogP contribution in [0.2, 0.25) is 0 Å². The van der Waals surface area contributed by atoms with E-state index >= 15 is 0 Å². The molecule has 21 heavy (non-hydrogen) atoms. The van der Waals surface area contributed by atoms with Crippen molar-refractivity contribution >= 4 is 11.4 Å². The summed E-state index contributed by atoms with van der Waals surface area (Å²) in [6.07, 6.45) is 0.779. The molecule has 0 radical (unpaired) electrons. The number of pyridine rings is 1. The van der Waals surface area contributed by atoms with Gasteiger partial charge in [-0.15, -0.1) is 0 Å². The monoisotopic (exact) mass is 303 g/mol. The highest BCUT2D eigenvalue weighted by atomic mass is 16.6. The molecule has 0 atom stereocenters.